The molecule has 0 radical (unpaired) electrons. The fraction of sp³-hybridized carbons (Fsp3) is 0.739. The molecule has 0 bridgehead atoms. The van der Waals surface area contributed by atoms with Gasteiger partial charge in [0.1, 0.15) is 12.2 Å². The Hall–Kier alpha value is -1.78. The van der Waals surface area contributed by atoms with Gasteiger partial charge in [0.15, 0.2) is 0 Å². The van der Waals surface area contributed by atoms with Crippen LogP contribution < -0.4 is 0 Å². The molecule has 32 heavy (non-hydrogen) atoms. The highest BCUT2D eigenvalue weighted by atomic mass is 16.6. The first kappa shape index (κ1) is 26.5. The number of allylic oxidation sites excluding steroid dienone is 2. The topological polar surface area (TPSA) is 165 Å². The summed E-state index contributed by atoms with van der Waals surface area (Å²) in [6, 6.07) is 0. The average molecular weight is 457 g/mol. The molecule has 0 aromatic rings. The fourth-order valence-electron chi connectivity index (χ4n) is 4.49. The minimum Gasteiger partial charge on any atom is -0.477 e. The van der Waals surface area contributed by atoms with Crippen LogP contribution in [0.2, 0.25) is 0 Å². The second-order valence-corrected chi connectivity index (χ2v) is 9.18. The van der Waals surface area contributed by atoms with E-state index in [1.807, 2.05) is 26.0 Å². The van der Waals surface area contributed by atoms with E-state index in [0.717, 1.165) is 5.57 Å². The Morgan fingerprint density at radius 3 is 2.53 bits per heavy atom. The van der Waals surface area contributed by atoms with Crippen LogP contribution >= 0.6 is 0 Å². The summed E-state index contributed by atoms with van der Waals surface area (Å²) < 4.78 is 5.80. The number of carboxylic acids is 1. The van der Waals surface area contributed by atoms with E-state index in [1.54, 1.807) is 13.0 Å². The zero-order chi connectivity index (χ0) is 24.2. The lowest BCUT2D eigenvalue weighted by molar-refractivity contribution is -0.240. The molecule has 9 heteroatoms. The highest BCUT2D eigenvalue weighted by molar-refractivity contribution is 5.75. The Bertz CT molecular complexity index is 729. The van der Waals surface area contributed by atoms with Crippen LogP contribution in [-0.4, -0.2) is 72.8 Å². The van der Waals surface area contributed by atoms with Crippen LogP contribution in [0.4, 0.5) is 0 Å². The van der Waals surface area contributed by atoms with Crippen LogP contribution in [0.5, 0.6) is 0 Å². The number of carboxylic acid groups (broad SMARTS) is 1. The van der Waals surface area contributed by atoms with Gasteiger partial charge in [-0.15, -0.1) is 0 Å². The standard InChI is InChI=1S/C23H36O9/c1-4-12(2)21(27)32-18-10-16(25)9-14-6-5-13(3)17(20(14)18)8-7-15(24)11-19(26)23(30,31)22(28)29/h5-6,9,12-13,15-20,24-26,30-31H,4,7-8,10-11H2,1-3H3,(H,28,29)/t12-,13-,15+,16+,17-,18-,19+,20-/m0/s1. The van der Waals surface area contributed by atoms with Crippen molar-refractivity contribution in [3.8, 4) is 0 Å². The van der Waals surface area contributed by atoms with Crippen LogP contribution in [-0.2, 0) is 14.3 Å². The minimum atomic E-state index is -3.34. The molecule has 6 N–H and O–H groups in total. The van der Waals surface area contributed by atoms with Gasteiger partial charge in [-0.2, -0.15) is 0 Å². The van der Waals surface area contributed by atoms with E-state index in [4.69, 9.17) is 9.84 Å². The Balaban J connectivity index is 2.12. The van der Waals surface area contributed by atoms with Crippen LogP contribution in [0.1, 0.15) is 52.9 Å². The third kappa shape index (κ3) is 6.17. The molecule has 2 rings (SSSR count). The monoisotopic (exact) mass is 456 g/mol. The highest BCUT2D eigenvalue weighted by Gasteiger charge is 2.44. The van der Waals surface area contributed by atoms with Crippen molar-refractivity contribution in [3.63, 3.8) is 0 Å². The maximum absolute atomic E-state index is 12.4. The number of ether oxygens (including phenoxy) is 1. The van der Waals surface area contributed by atoms with Crippen molar-refractivity contribution >= 4 is 11.9 Å². The van der Waals surface area contributed by atoms with Crippen LogP contribution in [0.15, 0.2) is 23.8 Å². The molecule has 0 unspecified atom stereocenters. The number of aliphatic carboxylic acids is 1. The Kier molecular flexibility index (Phi) is 9.01. The molecule has 2 aliphatic carbocycles. The lowest BCUT2D eigenvalue weighted by Crippen LogP contribution is -2.50. The minimum absolute atomic E-state index is 0.0345. The number of aliphatic hydroxyl groups is 5. The number of carbonyl (C=O) groups is 2. The van der Waals surface area contributed by atoms with Crippen molar-refractivity contribution in [3.05, 3.63) is 23.8 Å². The van der Waals surface area contributed by atoms with Gasteiger partial charge in [0, 0.05) is 18.8 Å². The molecule has 0 saturated carbocycles. The third-order valence-corrected chi connectivity index (χ3v) is 6.76. The summed E-state index contributed by atoms with van der Waals surface area (Å²) in [5.41, 5.74) is 0.874. The highest BCUT2D eigenvalue weighted by Crippen LogP contribution is 2.44. The Morgan fingerprint density at radius 1 is 1.28 bits per heavy atom. The molecule has 8 atom stereocenters. The van der Waals surface area contributed by atoms with Gasteiger partial charge in [0.25, 0.3) is 5.79 Å². The van der Waals surface area contributed by atoms with Gasteiger partial charge in [-0.3, -0.25) is 4.79 Å². The van der Waals surface area contributed by atoms with Gasteiger partial charge in [-0.25, -0.2) is 4.79 Å². The van der Waals surface area contributed by atoms with Gasteiger partial charge >= 0.3 is 11.9 Å². The van der Waals surface area contributed by atoms with E-state index in [2.05, 4.69) is 0 Å². The predicted octanol–water partition coefficient (Wildman–Crippen LogP) is 0.731. The largest absolute Gasteiger partial charge is 0.477 e. The first-order valence-electron chi connectivity index (χ1n) is 11.2. The maximum atomic E-state index is 12.4. The fourth-order valence-corrected chi connectivity index (χ4v) is 4.49. The van der Waals surface area contributed by atoms with Gasteiger partial charge < -0.3 is 35.4 Å². The molecule has 2 aliphatic rings. The van der Waals surface area contributed by atoms with Crippen LogP contribution in [0, 0.1) is 23.7 Å². The zero-order valence-electron chi connectivity index (χ0n) is 18.8. The second-order valence-electron chi connectivity index (χ2n) is 9.18. The van der Waals surface area contributed by atoms with Crippen molar-refractivity contribution in [1.82, 2.24) is 0 Å². The van der Waals surface area contributed by atoms with Gasteiger partial charge in [-0.1, -0.05) is 39.0 Å². The van der Waals surface area contributed by atoms with E-state index in [1.165, 1.54) is 0 Å². The number of carbonyl (C=O) groups excluding carboxylic acids is 1. The molecule has 0 amide bonds. The van der Waals surface area contributed by atoms with Gasteiger partial charge in [0.05, 0.1) is 18.1 Å². The number of rotatable bonds is 10. The molecule has 9 nitrogen and oxygen atoms in total. The van der Waals surface area contributed by atoms with E-state index in [0.29, 0.717) is 12.8 Å². The smallest absolute Gasteiger partial charge is 0.366 e. The number of fused-ring (bicyclic) bond motifs is 1. The molecule has 0 fully saturated rings. The van der Waals surface area contributed by atoms with Crippen molar-refractivity contribution in [2.24, 2.45) is 23.7 Å². The summed E-state index contributed by atoms with van der Waals surface area (Å²) in [6.07, 6.45) is 2.27. The lowest BCUT2D eigenvalue weighted by atomic mass is 9.66. The first-order chi connectivity index (χ1) is 14.9. The zero-order valence-corrected chi connectivity index (χ0v) is 18.8. The average Bonchev–Trinajstić information content (AvgIpc) is 2.72. The predicted molar refractivity (Wildman–Crippen MR) is 114 cm³/mol. The number of esters is 1. The Morgan fingerprint density at radius 2 is 1.94 bits per heavy atom. The third-order valence-electron chi connectivity index (χ3n) is 6.76. The van der Waals surface area contributed by atoms with E-state index in [-0.39, 0.29) is 42.5 Å². The summed E-state index contributed by atoms with van der Waals surface area (Å²) in [5.74, 6) is -6.03. The summed E-state index contributed by atoms with van der Waals surface area (Å²) in [5, 5.41) is 58.0. The van der Waals surface area contributed by atoms with Crippen molar-refractivity contribution in [2.45, 2.75) is 83.1 Å². The van der Waals surface area contributed by atoms with E-state index >= 15 is 0 Å². The summed E-state index contributed by atoms with van der Waals surface area (Å²) in [4.78, 5) is 23.3. The van der Waals surface area contributed by atoms with E-state index < -0.39 is 42.6 Å². The summed E-state index contributed by atoms with van der Waals surface area (Å²) >= 11 is 0. The molecule has 0 spiro atoms. The number of hydrogen-bond acceptors (Lipinski definition) is 8. The van der Waals surface area contributed by atoms with Crippen molar-refractivity contribution < 1.29 is 45.0 Å². The van der Waals surface area contributed by atoms with Crippen LogP contribution in [0.3, 0.4) is 0 Å². The molecule has 0 aromatic carbocycles. The SMILES string of the molecule is CC[C@H](C)C(=O)O[C@H]1C[C@H](O)C=C2C=C[C@H](C)[C@H](CC[C@@H](O)C[C@@H](O)C(O)(O)C(=O)O)[C@H]21. The first-order valence-corrected chi connectivity index (χ1v) is 11.2. The van der Waals surface area contributed by atoms with Gasteiger partial charge in [0.2, 0.25) is 0 Å². The summed E-state index contributed by atoms with van der Waals surface area (Å²) in [6.45, 7) is 5.70. The molecule has 182 valence electrons. The lowest BCUT2D eigenvalue weighted by Gasteiger charge is -2.43. The van der Waals surface area contributed by atoms with Crippen LogP contribution in [0.25, 0.3) is 0 Å². The maximum Gasteiger partial charge on any atom is 0.366 e. The van der Waals surface area contributed by atoms with Crippen molar-refractivity contribution in [2.75, 3.05) is 0 Å². The van der Waals surface area contributed by atoms with Crippen molar-refractivity contribution in [1.29, 1.82) is 0 Å². The molecule has 0 saturated heterocycles. The molecule has 0 heterocycles. The second kappa shape index (κ2) is 10.9. The normalized spacial score (nSPS) is 30.6. The number of hydrogen-bond donors (Lipinski definition) is 6. The molecule has 0 aliphatic heterocycles. The quantitative estimate of drug-likeness (QED) is 0.205. The van der Waals surface area contributed by atoms with Gasteiger partial charge in [-0.05, 0) is 36.7 Å². The number of aliphatic hydroxyl groups excluding tert-OH is 3. The molecular formula is C23H36O9. The Labute approximate surface area is 188 Å². The molecular weight excluding hydrogens is 420 g/mol. The molecule has 0 aromatic heterocycles. The van der Waals surface area contributed by atoms with E-state index in [9.17, 15) is 35.1 Å². The summed E-state index contributed by atoms with van der Waals surface area (Å²) in [7, 11) is 0.